The molecule has 96 valence electrons. The van der Waals surface area contributed by atoms with Gasteiger partial charge < -0.3 is 5.32 Å². The van der Waals surface area contributed by atoms with E-state index in [9.17, 15) is 13.2 Å². The van der Waals surface area contributed by atoms with E-state index in [1.165, 1.54) is 12.4 Å². The predicted octanol–water partition coefficient (Wildman–Crippen LogP) is 2.86. The van der Waals surface area contributed by atoms with E-state index in [1.807, 2.05) is 6.92 Å². The van der Waals surface area contributed by atoms with Gasteiger partial charge in [0.05, 0.1) is 6.20 Å². The molecule has 1 heterocycles. The lowest BCUT2D eigenvalue weighted by Gasteiger charge is -2.19. The summed E-state index contributed by atoms with van der Waals surface area (Å²) in [6, 6.07) is 1.38. The van der Waals surface area contributed by atoms with Crippen molar-refractivity contribution in [1.29, 1.82) is 0 Å². The predicted molar refractivity (Wildman–Crippen MR) is 58.4 cm³/mol. The molecule has 1 unspecified atom stereocenters. The molecule has 1 aromatic heterocycles. The Morgan fingerprint density at radius 1 is 1.35 bits per heavy atom. The Hall–Kier alpha value is -1.17. The van der Waals surface area contributed by atoms with E-state index in [2.05, 4.69) is 15.5 Å². The number of rotatable bonds is 6. The van der Waals surface area contributed by atoms with E-state index in [1.54, 1.807) is 6.07 Å². The van der Waals surface area contributed by atoms with Crippen LogP contribution in [0.5, 0.6) is 0 Å². The van der Waals surface area contributed by atoms with E-state index in [-0.39, 0.29) is 12.5 Å². The fraction of sp³-hybridized carbons (Fsp3) is 0.636. The minimum atomic E-state index is -4.12. The molecule has 0 bridgehead atoms. The molecule has 0 aliphatic heterocycles. The molecule has 1 N–H and O–H groups in total. The normalized spacial score (nSPS) is 13.6. The smallest absolute Gasteiger partial charge is 0.310 e. The number of halogens is 3. The summed E-state index contributed by atoms with van der Waals surface area (Å²) in [5.41, 5.74) is 0.748. The van der Waals surface area contributed by atoms with Crippen molar-refractivity contribution < 1.29 is 13.2 Å². The van der Waals surface area contributed by atoms with Gasteiger partial charge in [0, 0.05) is 18.7 Å². The maximum Gasteiger partial charge on any atom is 0.389 e. The third kappa shape index (κ3) is 5.63. The fourth-order valence-electron chi connectivity index (χ4n) is 1.52. The van der Waals surface area contributed by atoms with Gasteiger partial charge in [0.2, 0.25) is 0 Å². The summed E-state index contributed by atoms with van der Waals surface area (Å²) in [5.74, 6) is 0. The molecule has 0 radical (unpaired) electrons. The molecule has 0 amide bonds. The van der Waals surface area contributed by atoms with Crippen LogP contribution in [0.15, 0.2) is 18.5 Å². The highest BCUT2D eigenvalue weighted by molar-refractivity contribution is 5.11. The summed E-state index contributed by atoms with van der Waals surface area (Å²) in [5, 5.41) is 10.4. The number of nitrogens with one attached hydrogen (secondary N) is 1. The number of aromatic nitrogens is 2. The monoisotopic (exact) mass is 247 g/mol. The minimum Gasteiger partial charge on any atom is -0.310 e. The lowest BCUT2D eigenvalue weighted by atomic mass is 10.0. The van der Waals surface area contributed by atoms with E-state index >= 15 is 0 Å². The minimum absolute atomic E-state index is 0.0230. The maximum absolute atomic E-state index is 12.2. The third-order valence-electron chi connectivity index (χ3n) is 2.37. The molecule has 0 saturated carbocycles. The van der Waals surface area contributed by atoms with Gasteiger partial charge >= 0.3 is 6.18 Å². The van der Waals surface area contributed by atoms with Crippen molar-refractivity contribution in [3.63, 3.8) is 0 Å². The summed E-state index contributed by atoms with van der Waals surface area (Å²) in [4.78, 5) is 0. The first-order valence-corrected chi connectivity index (χ1v) is 5.59. The first-order chi connectivity index (χ1) is 8.03. The second kappa shape index (κ2) is 6.54. The largest absolute Gasteiger partial charge is 0.389 e. The molecule has 0 spiro atoms. The Bertz CT molecular complexity index is 313. The second-order valence-corrected chi connectivity index (χ2v) is 3.84. The lowest BCUT2D eigenvalue weighted by molar-refractivity contribution is -0.136. The molecule has 0 aliphatic rings. The molecule has 0 aliphatic carbocycles. The van der Waals surface area contributed by atoms with Crippen molar-refractivity contribution in [2.24, 2.45) is 0 Å². The zero-order valence-corrected chi connectivity index (χ0v) is 9.67. The van der Waals surface area contributed by atoms with Crippen molar-refractivity contribution in [2.75, 3.05) is 6.54 Å². The quantitative estimate of drug-likeness (QED) is 0.840. The molecule has 0 saturated heterocycles. The summed E-state index contributed by atoms with van der Waals surface area (Å²) in [6.07, 6.45) is -1.02. The van der Waals surface area contributed by atoms with Crippen LogP contribution >= 0.6 is 0 Å². The fourth-order valence-corrected chi connectivity index (χ4v) is 1.52. The van der Waals surface area contributed by atoms with Gasteiger partial charge in [-0.05, 0) is 31.0 Å². The van der Waals surface area contributed by atoms with Crippen LogP contribution in [0, 0.1) is 0 Å². The van der Waals surface area contributed by atoms with Gasteiger partial charge in [0.1, 0.15) is 0 Å². The molecule has 1 rings (SSSR count). The Morgan fingerprint density at radius 2 is 2.12 bits per heavy atom. The number of hydrogen-bond donors (Lipinski definition) is 1. The first-order valence-electron chi connectivity index (χ1n) is 5.59. The highest BCUT2D eigenvalue weighted by Gasteiger charge is 2.28. The number of alkyl halides is 3. The third-order valence-corrected chi connectivity index (χ3v) is 2.37. The van der Waals surface area contributed by atoms with Crippen molar-refractivity contribution >= 4 is 0 Å². The summed E-state index contributed by atoms with van der Waals surface area (Å²) in [7, 11) is 0. The van der Waals surface area contributed by atoms with Crippen molar-refractivity contribution in [1.82, 2.24) is 15.5 Å². The zero-order chi connectivity index (χ0) is 12.7. The van der Waals surface area contributed by atoms with Crippen LogP contribution in [0.1, 0.15) is 37.8 Å². The van der Waals surface area contributed by atoms with Crippen molar-refractivity contribution in [3.8, 4) is 0 Å². The number of hydrogen-bond acceptors (Lipinski definition) is 3. The topological polar surface area (TPSA) is 37.8 Å². The van der Waals surface area contributed by atoms with Crippen LogP contribution in [0.2, 0.25) is 0 Å². The molecule has 1 aromatic rings. The molecule has 3 nitrogen and oxygen atoms in total. The van der Waals surface area contributed by atoms with Crippen molar-refractivity contribution in [3.05, 3.63) is 24.0 Å². The van der Waals surface area contributed by atoms with Gasteiger partial charge in [-0.1, -0.05) is 6.92 Å². The van der Waals surface area contributed by atoms with Crippen LogP contribution in [0.3, 0.4) is 0 Å². The molecular formula is C11H16F3N3. The van der Waals surface area contributed by atoms with Crippen LogP contribution in [-0.4, -0.2) is 22.9 Å². The van der Waals surface area contributed by atoms with Gasteiger partial charge in [-0.15, -0.1) is 0 Å². The van der Waals surface area contributed by atoms with E-state index in [0.717, 1.165) is 12.0 Å². The number of nitrogens with zero attached hydrogens (tertiary/aromatic N) is 2. The van der Waals surface area contributed by atoms with Gasteiger partial charge in [0.25, 0.3) is 0 Å². The SMILES string of the molecule is CCCNC(CCC(F)(F)F)c1ccnnc1. The molecule has 0 aromatic carbocycles. The maximum atomic E-state index is 12.2. The highest BCUT2D eigenvalue weighted by atomic mass is 19.4. The highest BCUT2D eigenvalue weighted by Crippen LogP contribution is 2.27. The summed E-state index contributed by atoms with van der Waals surface area (Å²) < 4.78 is 36.6. The summed E-state index contributed by atoms with van der Waals surface area (Å²) >= 11 is 0. The van der Waals surface area contributed by atoms with Gasteiger partial charge in [-0.2, -0.15) is 23.4 Å². The van der Waals surface area contributed by atoms with E-state index in [4.69, 9.17) is 0 Å². The molecular weight excluding hydrogens is 231 g/mol. The molecule has 6 heteroatoms. The second-order valence-electron chi connectivity index (χ2n) is 3.84. The van der Waals surface area contributed by atoms with Gasteiger partial charge in [-0.3, -0.25) is 0 Å². The van der Waals surface area contributed by atoms with E-state index in [0.29, 0.717) is 6.54 Å². The van der Waals surface area contributed by atoms with Gasteiger partial charge in [0.15, 0.2) is 0 Å². The Labute approximate surface area is 98.4 Å². The summed E-state index contributed by atoms with van der Waals surface area (Å²) in [6.45, 7) is 2.66. The standard InChI is InChI=1S/C11H16F3N3/c1-2-6-15-10(3-5-11(12,13)14)9-4-7-16-17-8-9/h4,7-8,10,15H,2-3,5-6H2,1H3. The van der Waals surface area contributed by atoms with Crippen LogP contribution in [0.25, 0.3) is 0 Å². The Kier molecular flexibility index (Phi) is 5.34. The molecule has 0 fully saturated rings. The average Bonchev–Trinajstić information content (AvgIpc) is 2.29. The van der Waals surface area contributed by atoms with Crippen molar-refractivity contribution in [2.45, 2.75) is 38.4 Å². The van der Waals surface area contributed by atoms with Crippen LogP contribution in [-0.2, 0) is 0 Å². The Balaban J connectivity index is 2.61. The van der Waals surface area contributed by atoms with Gasteiger partial charge in [-0.25, -0.2) is 0 Å². The van der Waals surface area contributed by atoms with Crippen LogP contribution < -0.4 is 5.32 Å². The van der Waals surface area contributed by atoms with E-state index < -0.39 is 12.6 Å². The molecule has 17 heavy (non-hydrogen) atoms. The lowest BCUT2D eigenvalue weighted by Crippen LogP contribution is -2.24. The first kappa shape index (κ1) is 13.9. The average molecular weight is 247 g/mol. The Morgan fingerprint density at radius 3 is 2.65 bits per heavy atom. The van der Waals surface area contributed by atoms with Crippen LogP contribution in [0.4, 0.5) is 13.2 Å². The molecule has 1 atom stereocenters. The zero-order valence-electron chi connectivity index (χ0n) is 9.67.